The van der Waals surface area contributed by atoms with E-state index < -0.39 is 33.6 Å². The second-order valence-electron chi connectivity index (χ2n) is 13.4. The zero-order chi connectivity index (χ0) is 42.0. The van der Waals surface area contributed by atoms with Gasteiger partial charge >= 0.3 is 12.1 Å². The number of halogens is 5. The topological polar surface area (TPSA) is 237 Å². The number of carboxylic acid groups (broad SMARTS) is 1. The van der Waals surface area contributed by atoms with E-state index in [1.54, 1.807) is 15.9 Å². The number of para-hydroxylation sites is 1. The summed E-state index contributed by atoms with van der Waals surface area (Å²) in [5.41, 5.74) is 17.0. The van der Waals surface area contributed by atoms with Gasteiger partial charge in [0.25, 0.3) is 0 Å². The monoisotopic (exact) mass is 848 g/mol. The number of hydrogen-bond donors (Lipinski definition) is 5. The van der Waals surface area contributed by atoms with Crippen LogP contribution in [-0.2, 0) is 31.0 Å². The number of benzene rings is 2. The number of alkyl halides is 3. The van der Waals surface area contributed by atoms with Crippen molar-refractivity contribution in [3.63, 3.8) is 0 Å². The average molecular weight is 850 g/mol. The standard InChI is InChI=1S/C33H44Cl2N8O5S.C2HF3O2/c1-21-10-11-22-7-6-9-26(30(22)40-21)48-20-24-25(34)12-13-27(29(24)35)49(46,47)41-33(2,3)31(45)43-17-15-42(16-18-43)28(44)19-23(36)8-4-5-14-39-32(37)38;3-2(4,5)1(6)7/h6-7,9-13,23,41H,4-5,8,14-20,36H2,1-3H3,(H4,37,38,39);(H,6,7)/t23-;/m0./s1. The summed E-state index contributed by atoms with van der Waals surface area (Å²) in [4.78, 5) is 46.8. The lowest BCUT2D eigenvalue weighted by molar-refractivity contribution is -0.192. The van der Waals surface area contributed by atoms with E-state index in [4.69, 9.17) is 55.0 Å². The Morgan fingerprint density at radius 1 is 1.02 bits per heavy atom. The minimum atomic E-state index is -5.08. The van der Waals surface area contributed by atoms with Crippen molar-refractivity contribution in [3.8, 4) is 5.75 Å². The van der Waals surface area contributed by atoms with E-state index >= 15 is 0 Å². The largest absolute Gasteiger partial charge is 0.490 e. The number of hydrogen-bond acceptors (Lipinski definition) is 9. The van der Waals surface area contributed by atoms with Crippen LogP contribution in [0.25, 0.3) is 10.9 Å². The molecule has 0 spiro atoms. The van der Waals surface area contributed by atoms with Gasteiger partial charge in [0.05, 0.1) is 5.02 Å². The van der Waals surface area contributed by atoms with E-state index in [0.717, 1.165) is 23.9 Å². The number of carbonyl (C=O) groups is 3. The van der Waals surface area contributed by atoms with Crippen LogP contribution in [0.5, 0.6) is 5.75 Å². The van der Waals surface area contributed by atoms with Crippen molar-refractivity contribution in [2.75, 3.05) is 32.7 Å². The molecule has 0 saturated carbocycles. The van der Waals surface area contributed by atoms with Crippen LogP contribution in [0, 0.1) is 6.92 Å². The minimum absolute atomic E-state index is 0.0468. The number of nitrogens with one attached hydrogen (secondary N) is 1. The quantitative estimate of drug-likeness (QED) is 0.0885. The molecule has 0 radical (unpaired) electrons. The highest BCUT2D eigenvalue weighted by atomic mass is 35.5. The van der Waals surface area contributed by atoms with Gasteiger partial charge in [0.1, 0.15) is 28.3 Å². The first-order chi connectivity index (χ1) is 26.0. The van der Waals surface area contributed by atoms with E-state index in [1.807, 2.05) is 31.2 Å². The first-order valence-electron chi connectivity index (χ1n) is 17.2. The zero-order valence-corrected chi connectivity index (χ0v) is 33.2. The number of aliphatic carboxylic acids is 1. The second-order valence-corrected chi connectivity index (χ2v) is 15.8. The molecular formula is C35H45Cl2F3N8O7S. The van der Waals surface area contributed by atoms with Gasteiger partial charge in [-0.25, -0.2) is 18.2 Å². The van der Waals surface area contributed by atoms with Crippen molar-refractivity contribution >= 4 is 67.9 Å². The lowest BCUT2D eigenvalue weighted by Crippen LogP contribution is -2.60. The van der Waals surface area contributed by atoms with E-state index in [9.17, 15) is 31.2 Å². The van der Waals surface area contributed by atoms with Gasteiger partial charge in [-0.15, -0.1) is 0 Å². The maximum Gasteiger partial charge on any atom is 0.490 e. The molecule has 2 aromatic carbocycles. The molecule has 1 aliphatic heterocycles. The molecule has 2 amide bonds. The Labute approximate surface area is 332 Å². The number of fused-ring (bicyclic) bond motifs is 1. The highest BCUT2D eigenvalue weighted by Crippen LogP contribution is 2.34. The maximum absolute atomic E-state index is 13.6. The van der Waals surface area contributed by atoms with Gasteiger partial charge in [-0.05, 0) is 57.9 Å². The highest BCUT2D eigenvalue weighted by molar-refractivity contribution is 7.89. The summed E-state index contributed by atoms with van der Waals surface area (Å²) in [6.45, 7) is 6.35. The van der Waals surface area contributed by atoms with Crippen molar-refractivity contribution < 1.29 is 45.8 Å². The molecule has 0 aliphatic carbocycles. The number of carbonyl (C=O) groups excluding carboxylic acids is 2. The molecule has 1 fully saturated rings. The predicted octanol–water partition coefficient (Wildman–Crippen LogP) is 3.95. The number of aryl methyl sites for hydroxylation is 1. The number of aromatic nitrogens is 1. The summed E-state index contributed by atoms with van der Waals surface area (Å²) in [7, 11) is -4.30. The molecule has 0 unspecified atom stereocenters. The van der Waals surface area contributed by atoms with Crippen molar-refractivity contribution in [2.45, 2.75) is 75.7 Å². The number of aliphatic imine (C=N–C) groups is 1. The smallest absolute Gasteiger partial charge is 0.487 e. The first-order valence-corrected chi connectivity index (χ1v) is 19.5. The third kappa shape index (κ3) is 13.1. The average Bonchev–Trinajstić information content (AvgIpc) is 3.10. The third-order valence-corrected chi connectivity index (χ3v) is 11.0. The van der Waals surface area contributed by atoms with Crippen LogP contribution >= 0.6 is 23.2 Å². The first kappa shape index (κ1) is 46.0. The van der Waals surface area contributed by atoms with Crippen molar-refractivity contribution in [2.24, 2.45) is 22.2 Å². The number of unbranched alkanes of at least 4 members (excludes halogenated alkanes) is 1. The Hall–Kier alpha value is -4.43. The van der Waals surface area contributed by atoms with Crippen LogP contribution in [0.1, 0.15) is 50.8 Å². The number of ether oxygens (including phenoxy) is 1. The summed E-state index contributed by atoms with van der Waals surface area (Å²) in [5, 5.41) is 8.11. The van der Waals surface area contributed by atoms with Gasteiger partial charge in [-0.3, -0.25) is 14.6 Å². The van der Waals surface area contributed by atoms with Gasteiger partial charge in [0, 0.05) is 66.9 Å². The number of carboxylic acids is 1. The number of pyridine rings is 1. The molecule has 1 saturated heterocycles. The maximum atomic E-state index is 13.6. The van der Waals surface area contributed by atoms with Crippen LogP contribution in [0.15, 0.2) is 52.4 Å². The molecule has 308 valence electrons. The molecule has 1 aliphatic rings. The summed E-state index contributed by atoms with van der Waals surface area (Å²) in [6, 6.07) is 11.8. The number of rotatable bonds is 14. The van der Waals surface area contributed by atoms with Crippen molar-refractivity contribution in [3.05, 3.63) is 63.8 Å². The highest BCUT2D eigenvalue weighted by Gasteiger charge is 2.39. The number of piperazine rings is 1. The van der Waals surface area contributed by atoms with Crippen molar-refractivity contribution in [1.29, 1.82) is 0 Å². The zero-order valence-electron chi connectivity index (χ0n) is 30.9. The van der Waals surface area contributed by atoms with E-state index in [1.165, 1.54) is 26.0 Å². The Kier molecular flexibility index (Phi) is 16.1. The predicted molar refractivity (Wildman–Crippen MR) is 206 cm³/mol. The Bertz CT molecular complexity index is 2030. The van der Waals surface area contributed by atoms with Gasteiger partial charge in [0.15, 0.2) is 5.96 Å². The lowest BCUT2D eigenvalue weighted by Gasteiger charge is -2.39. The number of nitrogens with zero attached hydrogens (tertiary/aromatic N) is 4. The van der Waals surface area contributed by atoms with Gasteiger partial charge in [-0.1, -0.05) is 47.8 Å². The molecule has 1 aromatic heterocycles. The summed E-state index contributed by atoms with van der Waals surface area (Å²) >= 11 is 13.1. The molecule has 21 heteroatoms. The molecule has 1 atom stereocenters. The van der Waals surface area contributed by atoms with Crippen LogP contribution in [0.2, 0.25) is 10.0 Å². The van der Waals surface area contributed by atoms with Gasteiger partial charge < -0.3 is 36.8 Å². The Morgan fingerprint density at radius 2 is 1.64 bits per heavy atom. The molecule has 8 N–H and O–H groups in total. The molecule has 15 nitrogen and oxygen atoms in total. The Balaban J connectivity index is 0.00000109. The fourth-order valence-electron chi connectivity index (χ4n) is 5.57. The van der Waals surface area contributed by atoms with E-state index in [2.05, 4.69) is 14.7 Å². The fourth-order valence-corrected chi connectivity index (χ4v) is 7.83. The molecular weight excluding hydrogens is 804 g/mol. The molecule has 2 heterocycles. The van der Waals surface area contributed by atoms with Gasteiger partial charge in [0.2, 0.25) is 21.8 Å². The normalized spacial score (nSPS) is 14.1. The number of sulfonamides is 1. The van der Waals surface area contributed by atoms with Crippen molar-refractivity contribution in [1.82, 2.24) is 19.5 Å². The fraction of sp³-hybridized carbons (Fsp3) is 0.457. The van der Waals surface area contributed by atoms with E-state index in [-0.39, 0.29) is 64.5 Å². The summed E-state index contributed by atoms with van der Waals surface area (Å²) in [5.74, 6) is -2.74. The van der Waals surface area contributed by atoms with Crippen LogP contribution in [0.4, 0.5) is 13.2 Å². The lowest BCUT2D eigenvalue weighted by atomic mass is 10.0. The number of nitrogens with two attached hydrogens (primary N) is 3. The van der Waals surface area contributed by atoms with E-state index in [0.29, 0.717) is 37.3 Å². The molecule has 4 rings (SSSR count). The summed E-state index contributed by atoms with van der Waals surface area (Å²) < 4.78 is 67.6. The van der Waals surface area contributed by atoms with Crippen LogP contribution in [-0.4, -0.2) is 103 Å². The number of amides is 2. The molecule has 3 aromatic rings. The SMILES string of the molecule is Cc1ccc2cccc(OCc3c(Cl)ccc(S(=O)(=O)NC(C)(C)C(=O)N4CCN(C(=O)C[C@@H](N)CCCCN=C(N)N)CC4)c3Cl)c2n1.O=C(O)C(F)(F)F. The second kappa shape index (κ2) is 19.6. The summed E-state index contributed by atoms with van der Waals surface area (Å²) in [6.07, 6.45) is -2.68. The molecule has 56 heavy (non-hydrogen) atoms. The van der Waals surface area contributed by atoms with Crippen LogP contribution < -0.4 is 26.7 Å². The minimum Gasteiger partial charge on any atom is -0.487 e. The van der Waals surface area contributed by atoms with Crippen LogP contribution in [0.3, 0.4) is 0 Å². The van der Waals surface area contributed by atoms with Gasteiger partial charge in [-0.2, -0.15) is 17.9 Å². The number of guanidine groups is 1. The third-order valence-electron chi connectivity index (χ3n) is 8.44. The molecule has 0 bridgehead atoms. The Morgan fingerprint density at radius 3 is 2.25 bits per heavy atom.